The molecule has 13 heavy (non-hydrogen) atoms. The van der Waals surface area contributed by atoms with Crippen molar-refractivity contribution in [2.75, 3.05) is 25.6 Å². The van der Waals surface area contributed by atoms with Crippen molar-refractivity contribution in [3.05, 3.63) is 0 Å². The van der Waals surface area contributed by atoms with Crippen LogP contribution in [-0.4, -0.2) is 31.7 Å². The fraction of sp³-hybridized carbons (Fsp3) is 1.00. The van der Waals surface area contributed by atoms with E-state index in [9.17, 15) is 0 Å². The summed E-state index contributed by atoms with van der Waals surface area (Å²) in [5, 5.41) is 3.49. The lowest BCUT2D eigenvalue weighted by atomic mass is 10.1. The second-order valence-electron chi connectivity index (χ2n) is 3.92. The first-order valence-corrected chi connectivity index (χ1v) is 5.73. The third kappa shape index (κ3) is 4.84. The number of ether oxygens (including phenoxy) is 1. The summed E-state index contributed by atoms with van der Waals surface area (Å²) >= 11 is 5.72. The van der Waals surface area contributed by atoms with Crippen LogP contribution in [0.25, 0.3) is 0 Å². The molecule has 0 spiro atoms. The molecule has 1 fully saturated rings. The standard InChI is InChI=1S/C10H20ClNO/c1-9(7-11)3-2-5-12-10-4-6-13-8-10/h9-10,12H,2-8H2,1H3. The second-order valence-corrected chi connectivity index (χ2v) is 4.22. The minimum Gasteiger partial charge on any atom is -0.380 e. The van der Waals surface area contributed by atoms with Crippen LogP contribution in [0.5, 0.6) is 0 Å². The van der Waals surface area contributed by atoms with Gasteiger partial charge in [0.1, 0.15) is 0 Å². The van der Waals surface area contributed by atoms with E-state index >= 15 is 0 Å². The highest BCUT2D eigenvalue weighted by atomic mass is 35.5. The lowest BCUT2D eigenvalue weighted by Crippen LogP contribution is -2.30. The molecule has 1 aliphatic rings. The Bertz CT molecular complexity index is 126. The average Bonchev–Trinajstić information content (AvgIpc) is 2.64. The Labute approximate surface area is 86.0 Å². The summed E-state index contributed by atoms with van der Waals surface area (Å²) in [4.78, 5) is 0. The maximum absolute atomic E-state index is 5.72. The molecule has 3 heteroatoms. The Morgan fingerprint density at radius 1 is 1.62 bits per heavy atom. The minimum absolute atomic E-state index is 0.603. The van der Waals surface area contributed by atoms with Gasteiger partial charge in [-0.15, -0.1) is 11.6 Å². The molecule has 0 aromatic rings. The predicted octanol–water partition coefficient (Wildman–Crippen LogP) is 2.02. The van der Waals surface area contributed by atoms with Gasteiger partial charge < -0.3 is 10.1 Å². The molecular weight excluding hydrogens is 186 g/mol. The highest BCUT2D eigenvalue weighted by Gasteiger charge is 2.13. The van der Waals surface area contributed by atoms with E-state index in [2.05, 4.69) is 12.2 Å². The number of nitrogens with one attached hydrogen (secondary N) is 1. The molecule has 1 aliphatic heterocycles. The van der Waals surface area contributed by atoms with E-state index in [0.717, 1.165) is 25.6 Å². The average molecular weight is 206 g/mol. The first-order chi connectivity index (χ1) is 6.33. The van der Waals surface area contributed by atoms with Crippen molar-refractivity contribution < 1.29 is 4.74 Å². The predicted molar refractivity (Wildman–Crippen MR) is 56.3 cm³/mol. The summed E-state index contributed by atoms with van der Waals surface area (Å²) in [5.74, 6) is 1.44. The van der Waals surface area contributed by atoms with Gasteiger partial charge in [-0.2, -0.15) is 0 Å². The van der Waals surface area contributed by atoms with Gasteiger partial charge in [0.25, 0.3) is 0 Å². The van der Waals surface area contributed by atoms with Crippen molar-refractivity contribution in [2.45, 2.75) is 32.2 Å². The van der Waals surface area contributed by atoms with Crippen LogP contribution in [0.4, 0.5) is 0 Å². The molecule has 0 amide bonds. The quantitative estimate of drug-likeness (QED) is 0.529. The van der Waals surface area contributed by atoms with E-state index < -0.39 is 0 Å². The largest absolute Gasteiger partial charge is 0.380 e. The zero-order valence-electron chi connectivity index (χ0n) is 8.39. The minimum atomic E-state index is 0.603. The van der Waals surface area contributed by atoms with Crippen molar-refractivity contribution in [1.29, 1.82) is 0 Å². The number of halogens is 1. The van der Waals surface area contributed by atoms with Crippen LogP contribution in [0.2, 0.25) is 0 Å². The molecule has 1 saturated heterocycles. The van der Waals surface area contributed by atoms with Crippen LogP contribution in [0.15, 0.2) is 0 Å². The van der Waals surface area contributed by atoms with Gasteiger partial charge in [-0.05, 0) is 31.7 Å². The van der Waals surface area contributed by atoms with Crippen molar-refractivity contribution in [3.63, 3.8) is 0 Å². The fourth-order valence-electron chi connectivity index (χ4n) is 1.53. The lowest BCUT2D eigenvalue weighted by Gasteiger charge is -2.11. The van der Waals surface area contributed by atoms with Gasteiger partial charge in [0.2, 0.25) is 0 Å². The highest BCUT2D eigenvalue weighted by Crippen LogP contribution is 2.07. The first kappa shape index (κ1) is 11.3. The molecule has 0 aromatic carbocycles. The fourth-order valence-corrected chi connectivity index (χ4v) is 1.68. The van der Waals surface area contributed by atoms with Crippen molar-refractivity contribution in [2.24, 2.45) is 5.92 Å². The monoisotopic (exact) mass is 205 g/mol. The molecule has 0 bridgehead atoms. The van der Waals surface area contributed by atoms with Gasteiger partial charge >= 0.3 is 0 Å². The molecule has 1 N–H and O–H groups in total. The Morgan fingerprint density at radius 2 is 2.46 bits per heavy atom. The van der Waals surface area contributed by atoms with Crippen LogP contribution < -0.4 is 5.32 Å². The smallest absolute Gasteiger partial charge is 0.0620 e. The molecule has 0 saturated carbocycles. The van der Waals surface area contributed by atoms with Gasteiger partial charge in [0.15, 0.2) is 0 Å². The van der Waals surface area contributed by atoms with Crippen LogP contribution >= 0.6 is 11.6 Å². The normalized spacial score (nSPS) is 24.9. The first-order valence-electron chi connectivity index (χ1n) is 5.20. The SMILES string of the molecule is CC(CCl)CCCNC1CCOC1. The van der Waals surface area contributed by atoms with Crippen LogP contribution in [0.1, 0.15) is 26.2 Å². The van der Waals surface area contributed by atoms with E-state index in [1.54, 1.807) is 0 Å². The topological polar surface area (TPSA) is 21.3 Å². The third-order valence-corrected chi connectivity index (χ3v) is 3.03. The summed E-state index contributed by atoms with van der Waals surface area (Å²) in [5.41, 5.74) is 0. The summed E-state index contributed by atoms with van der Waals surface area (Å²) in [6.45, 7) is 5.13. The Morgan fingerprint density at radius 3 is 3.08 bits per heavy atom. The number of rotatable bonds is 6. The molecular formula is C10H20ClNO. The van der Waals surface area contributed by atoms with E-state index in [1.165, 1.54) is 19.3 Å². The van der Waals surface area contributed by atoms with E-state index in [4.69, 9.17) is 16.3 Å². The van der Waals surface area contributed by atoms with Gasteiger partial charge in [0.05, 0.1) is 6.61 Å². The Hall–Kier alpha value is 0.210. The number of hydrogen-bond acceptors (Lipinski definition) is 2. The molecule has 2 atom stereocenters. The van der Waals surface area contributed by atoms with E-state index in [-0.39, 0.29) is 0 Å². The molecule has 1 rings (SSSR count). The van der Waals surface area contributed by atoms with Crippen LogP contribution in [0.3, 0.4) is 0 Å². The molecule has 0 aromatic heterocycles. The van der Waals surface area contributed by atoms with Gasteiger partial charge in [-0.1, -0.05) is 6.92 Å². The van der Waals surface area contributed by atoms with Crippen molar-refractivity contribution in [1.82, 2.24) is 5.32 Å². The molecule has 78 valence electrons. The van der Waals surface area contributed by atoms with Crippen molar-refractivity contribution >= 4 is 11.6 Å². The molecule has 0 radical (unpaired) electrons. The maximum Gasteiger partial charge on any atom is 0.0620 e. The third-order valence-electron chi connectivity index (χ3n) is 2.50. The molecule has 1 heterocycles. The summed E-state index contributed by atoms with van der Waals surface area (Å²) < 4.78 is 5.27. The van der Waals surface area contributed by atoms with Gasteiger partial charge in [0, 0.05) is 18.5 Å². The van der Waals surface area contributed by atoms with Gasteiger partial charge in [-0.25, -0.2) is 0 Å². The Balaban J connectivity index is 1.88. The zero-order valence-corrected chi connectivity index (χ0v) is 9.15. The van der Waals surface area contributed by atoms with Gasteiger partial charge in [-0.3, -0.25) is 0 Å². The van der Waals surface area contributed by atoms with E-state index in [0.29, 0.717) is 12.0 Å². The maximum atomic E-state index is 5.72. The molecule has 2 nitrogen and oxygen atoms in total. The molecule has 2 unspecified atom stereocenters. The summed E-state index contributed by atoms with van der Waals surface area (Å²) in [6.07, 6.45) is 3.62. The zero-order chi connectivity index (χ0) is 9.52. The van der Waals surface area contributed by atoms with E-state index in [1.807, 2.05) is 0 Å². The van der Waals surface area contributed by atoms with Crippen LogP contribution in [-0.2, 0) is 4.74 Å². The summed E-state index contributed by atoms with van der Waals surface area (Å²) in [6, 6.07) is 0.603. The highest BCUT2D eigenvalue weighted by molar-refractivity contribution is 6.18. The Kier molecular flexibility index (Phi) is 5.76. The van der Waals surface area contributed by atoms with Crippen LogP contribution in [0, 0.1) is 5.92 Å². The second kappa shape index (κ2) is 6.63. The number of alkyl halides is 1. The summed E-state index contributed by atoms with van der Waals surface area (Å²) in [7, 11) is 0. The lowest BCUT2D eigenvalue weighted by molar-refractivity contribution is 0.190. The number of hydrogen-bond donors (Lipinski definition) is 1. The van der Waals surface area contributed by atoms with Crippen molar-refractivity contribution in [3.8, 4) is 0 Å². The molecule has 0 aliphatic carbocycles.